The summed E-state index contributed by atoms with van der Waals surface area (Å²) < 4.78 is 1.03. The van der Waals surface area contributed by atoms with Crippen molar-refractivity contribution in [3.63, 3.8) is 0 Å². The number of anilines is 1. The molecule has 0 aliphatic heterocycles. The van der Waals surface area contributed by atoms with E-state index in [1.807, 2.05) is 24.3 Å². The normalized spacial score (nSPS) is 10.6. The van der Waals surface area contributed by atoms with Gasteiger partial charge in [-0.2, -0.15) is 0 Å². The van der Waals surface area contributed by atoms with Crippen molar-refractivity contribution in [3.8, 4) is 0 Å². The van der Waals surface area contributed by atoms with Crippen LogP contribution in [0.2, 0.25) is 0 Å². The third-order valence-electron chi connectivity index (χ3n) is 3.89. The molecular formula is C19H30BrNO. The van der Waals surface area contributed by atoms with Crippen LogP contribution in [0.4, 0.5) is 5.69 Å². The lowest BCUT2D eigenvalue weighted by molar-refractivity contribution is -0.116. The van der Waals surface area contributed by atoms with E-state index in [1.54, 1.807) is 0 Å². The molecule has 0 aliphatic rings. The van der Waals surface area contributed by atoms with Gasteiger partial charge in [-0.1, -0.05) is 80.6 Å². The Morgan fingerprint density at radius 3 is 1.91 bits per heavy atom. The van der Waals surface area contributed by atoms with Crippen molar-refractivity contribution in [2.24, 2.45) is 0 Å². The first-order valence-corrected chi connectivity index (χ1v) is 9.57. The quantitative estimate of drug-likeness (QED) is 0.409. The first-order chi connectivity index (χ1) is 10.7. The van der Waals surface area contributed by atoms with Gasteiger partial charge < -0.3 is 5.32 Å². The molecule has 0 heterocycles. The Bertz CT molecular complexity index is 402. The standard InChI is InChI=1S/C19H30BrNO/c1-2-3-4-5-6-7-8-9-10-11-12-19(22)21-18-15-13-17(20)14-16-18/h13-16H,2-12H2,1H3,(H,21,22). The van der Waals surface area contributed by atoms with Crippen molar-refractivity contribution in [2.75, 3.05) is 5.32 Å². The Morgan fingerprint density at radius 1 is 0.864 bits per heavy atom. The number of amides is 1. The second kappa shape index (κ2) is 12.7. The fourth-order valence-corrected chi connectivity index (χ4v) is 2.79. The number of halogens is 1. The minimum Gasteiger partial charge on any atom is -0.326 e. The summed E-state index contributed by atoms with van der Waals surface area (Å²) in [6.07, 6.45) is 13.6. The lowest BCUT2D eigenvalue weighted by Crippen LogP contribution is -2.10. The molecule has 1 aromatic carbocycles. The first-order valence-electron chi connectivity index (χ1n) is 8.78. The molecule has 0 spiro atoms. The summed E-state index contributed by atoms with van der Waals surface area (Å²) in [5.41, 5.74) is 0.875. The summed E-state index contributed by atoms with van der Waals surface area (Å²) in [6, 6.07) is 7.72. The fraction of sp³-hybridized carbons (Fsp3) is 0.632. The zero-order valence-corrected chi connectivity index (χ0v) is 15.5. The molecule has 0 unspecified atom stereocenters. The van der Waals surface area contributed by atoms with Crippen LogP contribution in [0.25, 0.3) is 0 Å². The number of nitrogens with one attached hydrogen (secondary N) is 1. The third kappa shape index (κ3) is 9.99. The minimum atomic E-state index is 0.127. The van der Waals surface area contributed by atoms with Crippen LogP contribution in [-0.4, -0.2) is 5.91 Å². The van der Waals surface area contributed by atoms with Crippen molar-refractivity contribution in [2.45, 2.75) is 77.6 Å². The van der Waals surface area contributed by atoms with E-state index in [0.717, 1.165) is 16.6 Å². The summed E-state index contributed by atoms with van der Waals surface area (Å²) >= 11 is 3.39. The smallest absolute Gasteiger partial charge is 0.224 e. The second-order valence-electron chi connectivity index (χ2n) is 5.99. The molecule has 0 saturated carbocycles. The van der Waals surface area contributed by atoms with E-state index in [0.29, 0.717) is 6.42 Å². The van der Waals surface area contributed by atoms with Crippen LogP contribution < -0.4 is 5.32 Å². The van der Waals surface area contributed by atoms with Gasteiger partial charge in [0.25, 0.3) is 0 Å². The summed E-state index contributed by atoms with van der Waals surface area (Å²) in [4.78, 5) is 11.8. The van der Waals surface area contributed by atoms with Gasteiger partial charge in [0, 0.05) is 16.6 Å². The predicted octanol–water partition coefficient (Wildman–Crippen LogP) is 6.70. The molecule has 0 atom stereocenters. The molecule has 1 rings (SSSR count). The van der Waals surface area contributed by atoms with Crippen molar-refractivity contribution < 1.29 is 4.79 Å². The van der Waals surface area contributed by atoms with Crippen molar-refractivity contribution in [1.82, 2.24) is 0 Å². The molecule has 22 heavy (non-hydrogen) atoms. The fourth-order valence-electron chi connectivity index (χ4n) is 2.53. The third-order valence-corrected chi connectivity index (χ3v) is 4.41. The first kappa shape index (κ1) is 19.2. The van der Waals surface area contributed by atoms with Crippen LogP contribution >= 0.6 is 15.9 Å². The molecular weight excluding hydrogens is 338 g/mol. The van der Waals surface area contributed by atoms with Crippen LogP contribution in [-0.2, 0) is 4.79 Å². The van der Waals surface area contributed by atoms with Crippen LogP contribution in [0, 0.1) is 0 Å². The number of hydrogen-bond donors (Lipinski definition) is 1. The largest absolute Gasteiger partial charge is 0.326 e. The van der Waals surface area contributed by atoms with E-state index in [-0.39, 0.29) is 5.91 Å². The molecule has 0 bridgehead atoms. The van der Waals surface area contributed by atoms with Crippen molar-refractivity contribution in [3.05, 3.63) is 28.7 Å². The molecule has 0 radical (unpaired) electrons. The molecule has 2 nitrogen and oxygen atoms in total. The molecule has 0 saturated heterocycles. The van der Waals surface area contributed by atoms with Crippen LogP contribution in [0.1, 0.15) is 77.6 Å². The van der Waals surface area contributed by atoms with E-state index < -0.39 is 0 Å². The molecule has 1 aromatic rings. The van der Waals surface area contributed by atoms with Gasteiger partial charge in [-0.15, -0.1) is 0 Å². The second-order valence-corrected chi connectivity index (χ2v) is 6.90. The molecule has 124 valence electrons. The molecule has 3 heteroatoms. The van der Waals surface area contributed by atoms with Crippen LogP contribution in [0.15, 0.2) is 28.7 Å². The zero-order chi connectivity index (χ0) is 16.0. The molecule has 0 aliphatic carbocycles. The maximum atomic E-state index is 11.8. The Balaban J connectivity index is 1.93. The monoisotopic (exact) mass is 367 g/mol. The summed E-state index contributed by atoms with van der Waals surface area (Å²) in [5, 5.41) is 2.94. The Labute approximate surface area is 144 Å². The number of carbonyl (C=O) groups is 1. The summed E-state index contributed by atoms with van der Waals surface area (Å²) in [7, 11) is 0. The zero-order valence-electron chi connectivity index (χ0n) is 13.9. The van der Waals surface area contributed by atoms with Gasteiger partial charge in [0.2, 0.25) is 5.91 Å². The van der Waals surface area contributed by atoms with Gasteiger partial charge in [-0.05, 0) is 30.7 Å². The Kier molecular flexibility index (Phi) is 11.1. The highest BCUT2D eigenvalue weighted by Crippen LogP contribution is 2.15. The van der Waals surface area contributed by atoms with Gasteiger partial charge in [-0.25, -0.2) is 0 Å². The predicted molar refractivity (Wildman–Crippen MR) is 99.2 cm³/mol. The Hall–Kier alpha value is -0.830. The number of unbranched alkanes of at least 4 members (excludes halogenated alkanes) is 9. The lowest BCUT2D eigenvalue weighted by Gasteiger charge is -2.05. The number of hydrogen-bond acceptors (Lipinski definition) is 1. The van der Waals surface area contributed by atoms with Crippen molar-refractivity contribution in [1.29, 1.82) is 0 Å². The van der Waals surface area contributed by atoms with E-state index in [9.17, 15) is 4.79 Å². The van der Waals surface area contributed by atoms with Gasteiger partial charge in [0.15, 0.2) is 0 Å². The highest BCUT2D eigenvalue weighted by molar-refractivity contribution is 9.10. The van der Waals surface area contributed by atoms with Gasteiger partial charge >= 0.3 is 0 Å². The van der Waals surface area contributed by atoms with E-state index in [2.05, 4.69) is 28.2 Å². The van der Waals surface area contributed by atoms with Crippen molar-refractivity contribution >= 4 is 27.5 Å². The van der Waals surface area contributed by atoms with E-state index in [4.69, 9.17) is 0 Å². The topological polar surface area (TPSA) is 29.1 Å². The van der Waals surface area contributed by atoms with Gasteiger partial charge in [-0.3, -0.25) is 4.79 Å². The molecule has 1 amide bonds. The molecule has 0 fully saturated rings. The molecule has 1 N–H and O–H groups in total. The van der Waals surface area contributed by atoms with Gasteiger partial charge in [0.1, 0.15) is 0 Å². The minimum absolute atomic E-state index is 0.127. The average molecular weight is 368 g/mol. The summed E-state index contributed by atoms with van der Waals surface area (Å²) in [6.45, 7) is 2.26. The van der Waals surface area contributed by atoms with E-state index in [1.165, 1.54) is 57.8 Å². The van der Waals surface area contributed by atoms with Crippen LogP contribution in [0.3, 0.4) is 0 Å². The molecule has 0 aromatic heterocycles. The van der Waals surface area contributed by atoms with E-state index >= 15 is 0 Å². The van der Waals surface area contributed by atoms with Crippen LogP contribution in [0.5, 0.6) is 0 Å². The highest BCUT2D eigenvalue weighted by atomic mass is 79.9. The number of carbonyl (C=O) groups excluding carboxylic acids is 1. The van der Waals surface area contributed by atoms with Gasteiger partial charge in [0.05, 0.1) is 0 Å². The average Bonchev–Trinajstić information content (AvgIpc) is 2.51. The number of rotatable bonds is 12. The maximum absolute atomic E-state index is 11.8. The Morgan fingerprint density at radius 2 is 1.36 bits per heavy atom. The lowest BCUT2D eigenvalue weighted by atomic mass is 10.1. The summed E-state index contributed by atoms with van der Waals surface area (Å²) in [5.74, 6) is 0.127. The highest BCUT2D eigenvalue weighted by Gasteiger charge is 2.02. The maximum Gasteiger partial charge on any atom is 0.224 e. The number of benzene rings is 1. The SMILES string of the molecule is CCCCCCCCCCCCC(=O)Nc1ccc(Br)cc1.